The van der Waals surface area contributed by atoms with Crippen LogP contribution in [0.1, 0.15) is 5.56 Å². The van der Waals surface area contributed by atoms with Crippen LogP contribution in [0.4, 0.5) is 15.9 Å². The van der Waals surface area contributed by atoms with E-state index >= 15 is 0 Å². The van der Waals surface area contributed by atoms with Gasteiger partial charge < -0.3 is 10.2 Å². The predicted octanol–water partition coefficient (Wildman–Crippen LogP) is 2.46. The van der Waals surface area contributed by atoms with Crippen LogP contribution < -0.4 is 10.2 Å². The van der Waals surface area contributed by atoms with Crippen molar-refractivity contribution in [1.82, 2.24) is 10.3 Å². The molecule has 0 atom stereocenters. The molecule has 18 heavy (non-hydrogen) atoms. The topological polar surface area (TPSA) is 28.2 Å². The molecule has 2 heterocycles. The SMILES string of the molecule is Fc1cccnc1N1CCNCc2ccccc21. The summed E-state index contributed by atoms with van der Waals surface area (Å²) in [4.78, 5) is 6.10. The molecule has 1 aromatic carbocycles. The summed E-state index contributed by atoms with van der Waals surface area (Å²) in [6.07, 6.45) is 1.62. The van der Waals surface area contributed by atoms with Crippen molar-refractivity contribution < 1.29 is 4.39 Å². The number of aromatic nitrogens is 1. The smallest absolute Gasteiger partial charge is 0.169 e. The van der Waals surface area contributed by atoms with Gasteiger partial charge in [-0.1, -0.05) is 18.2 Å². The highest BCUT2D eigenvalue weighted by molar-refractivity contribution is 5.64. The highest BCUT2D eigenvalue weighted by Gasteiger charge is 2.19. The van der Waals surface area contributed by atoms with E-state index < -0.39 is 0 Å². The second-order valence-corrected chi connectivity index (χ2v) is 4.27. The molecular weight excluding hydrogens is 229 g/mol. The number of rotatable bonds is 1. The van der Waals surface area contributed by atoms with Crippen LogP contribution in [0.3, 0.4) is 0 Å². The Morgan fingerprint density at radius 1 is 1.17 bits per heavy atom. The van der Waals surface area contributed by atoms with Crippen molar-refractivity contribution >= 4 is 11.5 Å². The van der Waals surface area contributed by atoms with Crippen LogP contribution in [0.25, 0.3) is 0 Å². The molecule has 3 nitrogen and oxygen atoms in total. The van der Waals surface area contributed by atoms with Gasteiger partial charge >= 0.3 is 0 Å². The first-order valence-electron chi connectivity index (χ1n) is 6.03. The number of halogens is 1. The largest absolute Gasteiger partial charge is 0.322 e. The summed E-state index contributed by atoms with van der Waals surface area (Å²) < 4.78 is 13.9. The minimum absolute atomic E-state index is 0.283. The van der Waals surface area contributed by atoms with E-state index in [2.05, 4.69) is 16.4 Å². The first kappa shape index (κ1) is 11.2. The predicted molar refractivity (Wildman–Crippen MR) is 69.3 cm³/mol. The second-order valence-electron chi connectivity index (χ2n) is 4.27. The van der Waals surface area contributed by atoms with Crippen molar-refractivity contribution in [2.45, 2.75) is 6.54 Å². The molecule has 0 unspecified atom stereocenters. The van der Waals surface area contributed by atoms with Crippen molar-refractivity contribution in [1.29, 1.82) is 0 Å². The summed E-state index contributed by atoms with van der Waals surface area (Å²) >= 11 is 0. The van der Waals surface area contributed by atoms with Gasteiger partial charge in [0.15, 0.2) is 11.6 Å². The average molecular weight is 243 g/mol. The summed E-state index contributed by atoms with van der Waals surface area (Å²) in [6.45, 7) is 2.33. The number of nitrogens with one attached hydrogen (secondary N) is 1. The van der Waals surface area contributed by atoms with Crippen LogP contribution in [0.15, 0.2) is 42.6 Å². The first-order chi connectivity index (χ1) is 8.86. The van der Waals surface area contributed by atoms with Gasteiger partial charge in [0, 0.05) is 31.5 Å². The zero-order chi connectivity index (χ0) is 12.4. The molecule has 2 aromatic rings. The molecule has 92 valence electrons. The Hall–Kier alpha value is -1.94. The normalized spacial score (nSPS) is 15.1. The third kappa shape index (κ3) is 1.95. The maximum Gasteiger partial charge on any atom is 0.169 e. The van der Waals surface area contributed by atoms with Crippen molar-refractivity contribution in [2.75, 3.05) is 18.0 Å². The number of nitrogens with zero attached hydrogens (tertiary/aromatic N) is 2. The maximum atomic E-state index is 13.9. The number of hydrogen-bond donors (Lipinski definition) is 1. The van der Waals surface area contributed by atoms with Gasteiger partial charge in [0.1, 0.15) is 0 Å². The third-order valence-electron chi connectivity index (χ3n) is 3.10. The van der Waals surface area contributed by atoms with Crippen molar-refractivity contribution in [3.63, 3.8) is 0 Å². The fraction of sp³-hybridized carbons (Fsp3) is 0.214. The van der Waals surface area contributed by atoms with Gasteiger partial charge in [-0.05, 0) is 23.8 Å². The summed E-state index contributed by atoms with van der Waals surface area (Å²) in [5.41, 5.74) is 2.19. The quantitative estimate of drug-likeness (QED) is 0.834. The molecular formula is C14H14FN3. The second kappa shape index (κ2) is 4.74. The van der Waals surface area contributed by atoms with Gasteiger partial charge in [-0.2, -0.15) is 0 Å². The number of fused-ring (bicyclic) bond motifs is 1. The van der Waals surface area contributed by atoms with E-state index in [1.165, 1.54) is 11.6 Å². The van der Waals surface area contributed by atoms with E-state index in [1.54, 1.807) is 12.3 Å². The van der Waals surface area contributed by atoms with Gasteiger partial charge in [0.25, 0.3) is 0 Å². The molecule has 0 amide bonds. The Labute approximate surface area is 105 Å². The lowest BCUT2D eigenvalue weighted by atomic mass is 10.1. The monoisotopic (exact) mass is 243 g/mol. The summed E-state index contributed by atoms with van der Waals surface area (Å²) in [5.74, 6) is 0.114. The Kier molecular flexibility index (Phi) is 2.94. The van der Waals surface area contributed by atoms with E-state index in [0.717, 1.165) is 18.8 Å². The molecule has 1 N–H and O–H groups in total. The first-order valence-corrected chi connectivity index (χ1v) is 6.03. The van der Waals surface area contributed by atoms with Crippen LogP contribution >= 0.6 is 0 Å². The van der Waals surface area contributed by atoms with Crippen LogP contribution in [-0.4, -0.2) is 18.1 Å². The van der Waals surface area contributed by atoms with E-state index in [4.69, 9.17) is 0 Å². The lowest BCUT2D eigenvalue weighted by Gasteiger charge is -2.23. The average Bonchev–Trinajstić information content (AvgIpc) is 2.62. The minimum Gasteiger partial charge on any atom is -0.322 e. The standard InChI is InChI=1S/C14H14FN3/c15-12-5-3-7-17-14(12)18-9-8-16-10-11-4-1-2-6-13(11)18/h1-7,16H,8-10H2. The molecule has 0 saturated heterocycles. The minimum atomic E-state index is -0.283. The zero-order valence-corrected chi connectivity index (χ0v) is 9.94. The molecule has 0 fully saturated rings. The van der Waals surface area contributed by atoms with Crippen LogP contribution in [0, 0.1) is 5.82 Å². The third-order valence-corrected chi connectivity index (χ3v) is 3.10. The van der Waals surface area contributed by atoms with Crippen molar-refractivity contribution in [3.05, 3.63) is 54.0 Å². The molecule has 3 rings (SSSR count). The lowest BCUT2D eigenvalue weighted by molar-refractivity contribution is 0.616. The highest BCUT2D eigenvalue weighted by Crippen LogP contribution is 2.29. The molecule has 1 aliphatic rings. The van der Waals surface area contributed by atoms with E-state index in [9.17, 15) is 4.39 Å². The molecule has 0 spiro atoms. The summed E-state index contributed by atoms with van der Waals surface area (Å²) in [7, 11) is 0. The molecule has 1 aromatic heterocycles. The van der Waals surface area contributed by atoms with E-state index in [0.29, 0.717) is 12.4 Å². The molecule has 1 aliphatic heterocycles. The molecule has 0 radical (unpaired) electrons. The van der Waals surface area contributed by atoms with Crippen LogP contribution in [-0.2, 0) is 6.54 Å². The molecule has 4 heteroatoms. The van der Waals surface area contributed by atoms with Gasteiger partial charge in [0.05, 0.1) is 0 Å². The Morgan fingerprint density at radius 3 is 2.94 bits per heavy atom. The van der Waals surface area contributed by atoms with Crippen LogP contribution in [0.5, 0.6) is 0 Å². The summed E-state index contributed by atoms with van der Waals surface area (Å²) in [5, 5.41) is 3.33. The fourth-order valence-corrected chi connectivity index (χ4v) is 2.25. The van der Waals surface area contributed by atoms with E-state index in [1.807, 2.05) is 23.1 Å². The summed E-state index contributed by atoms with van der Waals surface area (Å²) in [6, 6.07) is 11.1. The Bertz CT molecular complexity index is 556. The number of hydrogen-bond acceptors (Lipinski definition) is 3. The Balaban J connectivity index is 2.10. The van der Waals surface area contributed by atoms with E-state index in [-0.39, 0.29) is 5.82 Å². The number of anilines is 2. The molecule has 0 saturated carbocycles. The maximum absolute atomic E-state index is 13.9. The lowest BCUT2D eigenvalue weighted by Crippen LogP contribution is -2.25. The van der Waals surface area contributed by atoms with Crippen molar-refractivity contribution in [3.8, 4) is 0 Å². The number of pyridine rings is 1. The number of para-hydroxylation sites is 1. The van der Waals surface area contributed by atoms with Gasteiger partial charge in [-0.3, -0.25) is 0 Å². The fourth-order valence-electron chi connectivity index (χ4n) is 2.25. The molecule has 0 aliphatic carbocycles. The highest BCUT2D eigenvalue weighted by atomic mass is 19.1. The number of benzene rings is 1. The van der Waals surface area contributed by atoms with Gasteiger partial charge in [-0.25, -0.2) is 9.37 Å². The van der Waals surface area contributed by atoms with Crippen LogP contribution in [0.2, 0.25) is 0 Å². The van der Waals surface area contributed by atoms with Crippen molar-refractivity contribution in [2.24, 2.45) is 0 Å². The van der Waals surface area contributed by atoms with Gasteiger partial charge in [0.2, 0.25) is 0 Å². The Morgan fingerprint density at radius 2 is 2.06 bits per heavy atom. The zero-order valence-electron chi connectivity index (χ0n) is 9.94. The van der Waals surface area contributed by atoms with Gasteiger partial charge in [-0.15, -0.1) is 0 Å². The molecule has 0 bridgehead atoms.